The van der Waals surface area contributed by atoms with Crippen LogP contribution in [0.5, 0.6) is 0 Å². The van der Waals surface area contributed by atoms with Crippen LogP contribution in [0.1, 0.15) is 53.0 Å². The topological polar surface area (TPSA) is 165 Å². The van der Waals surface area contributed by atoms with Gasteiger partial charge in [-0.2, -0.15) is 0 Å². The summed E-state index contributed by atoms with van der Waals surface area (Å²) < 4.78 is 39.6. The maximum absolute atomic E-state index is 12.9. The molecule has 1 amide bonds. The maximum Gasteiger partial charge on any atom is 0.407 e. The molecule has 2 aliphatic rings. The molecule has 2 saturated heterocycles. The number of alkyl carbamates (subject to hydrolysis) is 1. The van der Waals surface area contributed by atoms with Gasteiger partial charge in [0.1, 0.15) is 24.9 Å². The second-order valence-corrected chi connectivity index (χ2v) is 9.48. The van der Waals surface area contributed by atoms with Gasteiger partial charge in [0.05, 0.1) is 6.10 Å². The Balaban J connectivity index is 1.93. The molecule has 0 unspecified atom stereocenters. The fourth-order valence-electron chi connectivity index (χ4n) is 4.74. The van der Waals surface area contributed by atoms with E-state index in [-0.39, 0.29) is 6.61 Å². The predicted octanol–water partition coefficient (Wildman–Crippen LogP) is 1.72. The molecule has 1 aromatic rings. The molecule has 40 heavy (non-hydrogen) atoms. The number of esters is 3. The Morgan fingerprint density at radius 2 is 1.35 bits per heavy atom. The molecule has 1 aromatic carbocycles. The SMILES string of the molecule is CC[C@@H]1O[C@H](O[C@H]2[C@@H](OC(C)=O)[C@@H](O)O[C@@H]2CC)[C@H](NC(=O)OCc2ccccc2)[C@@H](OC(C)=O)[C@@H]1OC(C)=O. The molecule has 2 aliphatic heterocycles. The summed E-state index contributed by atoms with van der Waals surface area (Å²) in [6.45, 7) is 7.06. The molecular formula is C27H37NO12. The third-order valence-electron chi connectivity index (χ3n) is 6.43. The minimum atomic E-state index is -1.47. The molecule has 0 radical (unpaired) electrons. The summed E-state index contributed by atoms with van der Waals surface area (Å²) >= 11 is 0. The molecule has 2 heterocycles. The first-order valence-corrected chi connectivity index (χ1v) is 13.2. The highest BCUT2D eigenvalue weighted by Gasteiger charge is 2.54. The summed E-state index contributed by atoms with van der Waals surface area (Å²) in [6, 6.07) is 7.72. The number of hydrogen-bond acceptors (Lipinski definition) is 12. The molecule has 0 spiro atoms. The van der Waals surface area contributed by atoms with E-state index in [4.69, 9.17) is 33.2 Å². The first-order chi connectivity index (χ1) is 19.0. The van der Waals surface area contributed by atoms with Gasteiger partial charge in [0.15, 0.2) is 30.9 Å². The van der Waals surface area contributed by atoms with Crippen molar-refractivity contribution in [3.05, 3.63) is 35.9 Å². The second-order valence-electron chi connectivity index (χ2n) is 9.48. The van der Waals surface area contributed by atoms with E-state index in [9.17, 15) is 24.3 Å². The minimum Gasteiger partial charge on any atom is -0.456 e. The summed E-state index contributed by atoms with van der Waals surface area (Å²) in [7, 11) is 0. The highest BCUT2D eigenvalue weighted by molar-refractivity contribution is 5.69. The largest absolute Gasteiger partial charge is 0.456 e. The Bertz CT molecular complexity index is 1020. The van der Waals surface area contributed by atoms with Gasteiger partial charge in [0, 0.05) is 20.8 Å². The molecular weight excluding hydrogens is 530 g/mol. The number of rotatable bonds is 10. The fourth-order valence-corrected chi connectivity index (χ4v) is 4.74. The average Bonchev–Trinajstić information content (AvgIpc) is 3.19. The van der Waals surface area contributed by atoms with Crippen LogP contribution in [0.3, 0.4) is 0 Å². The van der Waals surface area contributed by atoms with Crippen molar-refractivity contribution in [3.8, 4) is 0 Å². The third kappa shape index (κ3) is 8.13. The molecule has 2 N–H and O–H groups in total. The number of benzene rings is 1. The smallest absolute Gasteiger partial charge is 0.407 e. The zero-order valence-corrected chi connectivity index (χ0v) is 23.1. The normalized spacial score (nSPS) is 31.6. The summed E-state index contributed by atoms with van der Waals surface area (Å²) in [5.74, 6) is -2.02. The Kier molecular flexibility index (Phi) is 11.3. The number of ether oxygens (including phenoxy) is 7. The van der Waals surface area contributed by atoms with Gasteiger partial charge >= 0.3 is 24.0 Å². The summed E-state index contributed by atoms with van der Waals surface area (Å²) in [5.41, 5.74) is 0.734. The molecule has 3 rings (SSSR count). The van der Waals surface area contributed by atoms with Gasteiger partial charge in [0.25, 0.3) is 0 Å². The first kappa shape index (κ1) is 31.3. The lowest BCUT2D eigenvalue weighted by molar-refractivity contribution is -0.290. The molecule has 2 fully saturated rings. The van der Waals surface area contributed by atoms with E-state index < -0.39 is 79.2 Å². The number of nitrogens with one attached hydrogen (secondary N) is 1. The Labute approximate surface area is 232 Å². The molecule has 0 bridgehead atoms. The van der Waals surface area contributed by atoms with E-state index in [1.807, 2.05) is 6.07 Å². The standard InChI is InChI=1S/C27H37NO12/c1-6-18-22(24(25(32)38-18)37-16(5)31)40-26-20(28-27(33)34-13-17-11-9-8-10-12-17)23(36-15(4)30)21(35-14(3)29)19(7-2)39-26/h8-12,18-26,32H,6-7,13H2,1-5H3,(H,28,33)/t18-,19+,20-,21-,22-,23-,24-,25+,26-/m1/s1. The van der Waals surface area contributed by atoms with Gasteiger partial charge < -0.3 is 43.6 Å². The minimum absolute atomic E-state index is 0.0515. The Morgan fingerprint density at radius 1 is 0.800 bits per heavy atom. The van der Waals surface area contributed by atoms with E-state index >= 15 is 0 Å². The van der Waals surface area contributed by atoms with Crippen molar-refractivity contribution in [2.75, 3.05) is 0 Å². The molecule has 222 valence electrons. The number of hydrogen-bond donors (Lipinski definition) is 2. The van der Waals surface area contributed by atoms with Gasteiger partial charge in [-0.25, -0.2) is 4.79 Å². The summed E-state index contributed by atoms with van der Waals surface area (Å²) in [6.07, 6.45) is -9.04. The number of carbonyl (C=O) groups excluding carboxylic acids is 4. The Morgan fingerprint density at radius 3 is 1.93 bits per heavy atom. The quantitative estimate of drug-likeness (QED) is 0.311. The van der Waals surface area contributed by atoms with Crippen LogP contribution in [0.2, 0.25) is 0 Å². The van der Waals surface area contributed by atoms with Crippen molar-refractivity contribution in [2.45, 2.75) is 109 Å². The van der Waals surface area contributed by atoms with E-state index in [1.165, 1.54) is 20.8 Å². The molecule has 13 heteroatoms. The van der Waals surface area contributed by atoms with Crippen LogP contribution in [0.4, 0.5) is 4.79 Å². The molecule has 9 atom stereocenters. The zero-order valence-electron chi connectivity index (χ0n) is 23.1. The maximum atomic E-state index is 12.9. The monoisotopic (exact) mass is 567 g/mol. The van der Waals surface area contributed by atoms with E-state index in [2.05, 4.69) is 5.32 Å². The van der Waals surface area contributed by atoms with Crippen molar-refractivity contribution < 1.29 is 57.4 Å². The number of carbonyl (C=O) groups is 4. The van der Waals surface area contributed by atoms with Crippen LogP contribution in [-0.4, -0.2) is 84.4 Å². The highest BCUT2D eigenvalue weighted by Crippen LogP contribution is 2.34. The number of amides is 1. The van der Waals surface area contributed by atoms with E-state index in [0.717, 1.165) is 5.56 Å². The second kappa shape index (κ2) is 14.4. The van der Waals surface area contributed by atoms with Crippen molar-refractivity contribution in [1.29, 1.82) is 0 Å². The van der Waals surface area contributed by atoms with Gasteiger partial charge in [0.2, 0.25) is 0 Å². The van der Waals surface area contributed by atoms with Crippen molar-refractivity contribution in [1.82, 2.24) is 5.32 Å². The third-order valence-corrected chi connectivity index (χ3v) is 6.43. The lowest BCUT2D eigenvalue weighted by Gasteiger charge is -2.46. The van der Waals surface area contributed by atoms with Crippen LogP contribution >= 0.6 is 0 Å². The molecule has 13 nitrogen and oxygen atoms in total. The first-order valence-electron chi connectivity index (χ1n) is 13.2. The highest BCUT2D eigenvalue weighted by atomic mass is 16.7. The average molecular weight is 568 g/mol. The number of aliphatic hydroxyl groups excluding tert-OH is 1. The van der Waals surface area contributed by atoms with Gasteiger partial charge in [-0.3, -0.25) is 14.4 Å². The van der Waals surface area contributed by atoms with Gasteiger partial charge in [-0.05, 0) is 18.4 Å². The van der Waals surface area contributed by atoms with Crippen LogP contribution in [0.25, 0.3) is 0 Å². The molecule has 0 saturated carbocycles. The van der Waals surface area contributed by atoms with Crippen molar-refractivity contribution in [3.63, 3.8) is 0 Å². The van der Waals surface area contributed by atoms with Crippen LogP contribution in [0.15, 0.2) is 30.3 Å². The van der Waals surface area contributed by atoms with Crippen molar-refractivity contribution >= 4 is 24.0 Å². The fraction of sp³-hybridized carbons (Fsp3) is 0.630. The lowest BCUT2D eigenvalue weighted by Crippen LogP contribution is -2.66. The predicted molar refractivity (Wildman–Crippen MR) is 135 cm³/mol. The van der Waals surface area contributed by atoms with Crippen molar-refractivity contribution in [2.24, 2.45) is 0 Å². The van der Waals surface area contributed by atoms with Crippen LogP contribution < -0.4 is 5.32 Å². The summed E-state index contributed by atoms with van der Waals surface area (Å²) in [5, 5.41) is 13.0. The van der Waals surface area contributed by atoms with Gasteiger partial charge in [-0.1, -0.05) is 44.2 Å². The van der Waals surface area contributed by atoms with Crippen LogP contribution in [-0.2, 0) is 54.1 Å². The lowest BCUT2D eigenvalue weighted by atomic mass is 9.94. The molecule has 0 aliphatic carbocycles. The van der Waals surface area contributed by atoms with E-state index in [1.54, 1.807) is 38.1 Å². The Hall–Kier alpha value is -3.26. The number of aliphatic hydroxyl groups is 1. The molecule has 0 aromatic heterocycles. The summed E-state index contributed by atoms with van der Waals surface area (Å²) in [4.78, 5) is 48.8. The van der Waals surface area contributed by atoms with E-state index in [0.29, 0.717) is 12.8 Å². The van der Waals surface area contributed by atoms with Crippen LogP contribution in [0, 0.1) is 0 Å². The van der Waals surface area contributed by atoms with Gasteiger partial charge in [-0.15, -0.1) is 0 Å². The zero-order chi connectivity index (χ0) is 29.4.